The number of aliphatic hydroxyl groups is 1. The van der Waals surface area contributed by atoms with Crippen molar-refractivity contribution in [1.82, 2.24) is 9.97 Å². The quantitative estimate of drug-likeness (QED) is 0.851. The average Bonchev–Trinajstić information content (AvgIpc) is 2.72. The van der Waals surface area contributed by atoms with E-state index >= 15 is 0 Å². The van der Waals surface area contributed by atoms with E-state index in [0.29, 0.717) is 24.8 Å². The summed E-state index contributed by atoms with van der Waals surface area (Å²) in [7, 11) is 0. The zero-order chi connectivity index (χ0) is 19.7. The van der Waals surface area contributed by atoms with Crippen molar-refractivity contribution >= 4 is 23.1 Å². The van der Waals surface area contributed by atoms with Crippen molar-refractivity contribution in [3.05, 3.63) is 53.9 Å². The van der Waals surface area contributed by atoms with Gasteiger partial charge < -0.3 is 15.2 Å². The largest absolute Gasteiger partial charge is 0.377 e. The summed E-state index contributed by atoms with van der Waals surface area (Å²) in [5.74, 6) is 0.0524. The first-order valence-corrected chi connectivity index (χ1v) is 9.49. The highest BCUT2D eigenvalue weighted by Crippen LogP contribution is 2.43. The van der Waals surface area contributed by atoms with Crippen LogP contribution in [0.2, 0.25) is 0 Å². The lowest BCUT2D eigenvalue weighted by atomic mass is 9.84. The molecule has 0 bridgehead atoms. The zero-order valence-electron chi connectivity index (χ0n) is 16.0. The van der Waals surface area contributed by atoms with Crippen LogP contribution >= 0.6 is 0 Å². The molecule has 2 aliphatic heterocycles. The minimum atomic E-state index is -0.931. The maximum absolute atomic E-state index is 12.3. The molecular weight excluding hydrogens is 356 g/mol. The van der Waals surface area contributed by atoms with Gasteiger partial charge in [-0.25, -0.2) is 9.97 Å². The fourth-order valence-corrected chi connectivity index (χ4v) is 3.92. The van der Waals surface area contributed by atoms with E-state index in [9.17, 15) is 9.90 Å². The van der Waals surface area contributed by atoms with E-state index in [1.165, 1.54) is 17.4 Å². The van der Waals surface area contributed by atoms with Crippen molar-refractivity contribution in [2.75, 3.05) is 23.4 Å². The highest BCUT2D eigenvalue weighted by atomic mass is 16.5. The lowest BCUT2D eigenvalue weighted by Crippen LogP contribution is -2.50. The Morgan fingerprint density at radius 3 is 2.79 bits per heavy atom. The first-order valence-electron chi connectivity index (χ1n) is 9.49. The number of aromatic nitrogens is 2. The minimum Gasteiger partial charge on any atom is -0.377 e. The number of nitrogens with zero attached hydrogens (tertiary/aromatic N) is 3. The fraction of sp³-hybridized carbons (Fsp3) is 0.381. The fourth-order valence-electron chi connectivity index (χ4n) is 3.92. The van der Waals surface area contributed by atoms with Gasteiger partial charge in [0.05, 0.1) is 24.9 Å². The van der Waals surface area contributed by atoms with E-state index in [1.54, 1.807) is 18.5 Å². The van der Waals surface area contributed by atoms with Crippen LogP contribution in [0.4, 0.5) is 11.6 Å². The van der Waals surface area contributed by atoms with Gasteiger partial charge >= 0.3 is 0 Å². The predicted molar refractivity (Wildman–Crippen MR) is 107 cm³/mol. The normalized spacial score (nSPS) is 24.3. The van der Waals surface area contributed by atoms with Crippen LogP contribution in [-0.4, -0.2) is 40.4 Å². The van der Waals surface area contributed by atoms with Gasteiger partial charge in [0.1, 0.15) is 6.23 Å². The lowest BCUT2D eigenvalue weighted by molar-refractivity contribution is -0.119. The monoisotopic (exact) mass is 380 g/mol. The Labute approximate surface area is 164 Å². The van der Waals surface area contributed by atoms with Gasteiger partial charge in [-0.05, 0) is 41.3 Å². The average molecular weight is 380 g/mol. The number of amides is 1. The standard InChI is InChI=1S/C21H24N4O3/c1-13-19(24-21-22-8-3-9-23-21)17-12-16(15-6-10-28-11-7-15)4-5-18(17)25(14(2)26)20(13)27/h3-6,8-9,12-13,19-20,27H,7,10-11H2,1-2H3,(H,22,23,24)/t13-,19-,20+/m1/s1. The van der Waals surface area contributed by atoms with Crippen LogP contribution < -0.4 is 10.2 Å². The number of rotatable bonds is 3. The summed E-state index contributed by atoms with van der Waals surface area (Å²) in [5, 5.41) is 14.2. The number of carbonyl (C=O) groups excluding carboxylic acids is 1. The molecule has 28 heavy (non-hydrogen) atoms. The van der Waals surface area contributed by atoms with Crippen molar-refractivity contribution in [1.29, 1.82) is 0 Å². The zero-order valence-corrected chi connectivity index (χ0v) is 16.0. The molecular formula is C21H24N4O3. The number of nitrogens with one attached hydrogen (secondary N) is 1. The highest BCUT2D eigenvalue weighted by Gasteiger charge is 2.40. The van der Waals surface area contributed by atoms with Crippen LogP contribution in [0.5, 0.6) is 0 Å². The third kappa shape index (κ3) is 3.39. The van der Waals surface area contributed by atoms with Gasteiger partial charge in [-0.15, -0.1) is 0 Å². The Balaban J connectivity index is 1.80. The molecule has 2 N–H and O–H groups in total. The second kappa shape index (κ2) is 7.69. The number of hydrogen-bond donors (Lipinski definition) is 2. The number of benzene rings is 1. The number of carbonyl (C=O) groups is 1. The second-order valence-corrected chi connectivity index (χ2v) is 7.18. The number of hydrogen-bond acceptors (Lipinski definition) is 6. The predicted octanol–water partition coefficient (Wildman–Crippen LogP) is 2.75. The molecule has 0 saturated heterocycles. The van der Waals surface area contributed by atoms with E-state index in [0.717, 1.165) is 17.5 Å². The maximum Gasteiger partial charge on any atom is 0.225 e. The minimum absolute atomic E-state index is 0.187. The van der Waals surface area contributed by atoms with E-state index in [2.05, 4.69) is 27.4 Å². The Bertz CT molecular complexity index is 900. The highest BCUT2D eigenvalue weighted by molar-refractivity contribution is 5.94. The molecule has 0 saturated carbocycles. The molecule has 4 rings (SSSR count). The Kier molecular flexibility index (Phi) is 5.11. The van der Waals surface area contributed by atoms with E-state index < -0.39 is 6.23 Å². The van der Waals surface area contributed by atoms with Gasteiger partial charge in [-0.1, -0.05) is 19.1 Å². The lowest BCUT2D eigenvalue weighted by Gasteiger charge is -2.42. The van der Waals surface area contributed by atoms with Gasteiger partial charge in [0.2, 0.25) is 11.9 Å². The first kappa shape index (κ1) is 18.6. The van der Waals surface area contributed by atoms with Crippen molar-refractivity contribution in [2.24, 2.45) is 5.92 Å². The molecule has 0 spiro atoms. The summed E-state index contributed by atoms with van der Waals surface area (Å²) < 4.78 is 5.42. The van der Waals surface area contributed by atoms with Crippen molar-refractivity contribution in [3.8, 4) is 0 Å². The number of fused-ring (bicyclic) bond motifs is 1. The molecule has 3 atom stereocenters. The summed E-state index contributed by atoms with van der Waals surface area (Å²) in [4.78, 5) is 22.2. The maximum atomic E-state index is 12.3. The Hall–Kier alpha value is -2.77. The van der Waals surface area contributed by atoms with Crippen LogP contribution in [0.25, 0.3) is 5.57 Å². The first-order chi connectivity index (χ1) is 13.6. The summed E-state index contributed by atoms with van der Waals surface area (Å²) in [6.07, 6.45) is 5.36. The molecule has 0 unspecified atom stereocenters. The van der Waals surface area contributed by atoms with Crippen LogP contribution in [0.1, 0.15) is 37.4 Å². The topological polar surface area (TPSA) is 87.6 Å². The molecule has 0 aliphatic carbocycles. The van der Waals surface area contributed by atoms with Crippen molar-refractivity contribution in [2.45, 2.75) is 32.5 Å². The molecule has 146 valence electrons. The van der Waals surface area contributed by atoms with Gasteiger partial charge in [-0.2, -0.15) is 0 Å². The van der Waals surface area contributed by atoms with Gasteiger partial charge in [0.15, 0.2) is 0 Å². The van der Waals surface area contributed by atoms with Crippen molar-refractivity contribution in [3.63, 3.8) is 0 Å². The number of aliphatic hydroxyl groups excluding tert-OH is 1. The Morgan fingerprint density at radius 1 is 1.32 bits per heavy atom. The molecule has 7 nitrogen and oxygen atoms in total. The van der Waals surface area contributed by atoms with E-state index in [4.69, 9.17) is 4.74 Å². The van der Waals surface area contributed by atoms with Gasteiger partial charge in [-0.3, -0.25) is 9.69 Å². The molecule has 2 aliphatic rings. The van der Waals surface area contributed by atoms with Crippen LogP contribution in [-0.2, 0) is 9.53 Å². The molecule has 3 heterocycles. The third-order valence-corrected chi connectivity index (χ3v) is 5.41. The molecule has 7 heteroatoms. The smallest absolute Gasteiger partial charge is 0.225 e. The summed E-state index contributed by atoms with van der Waals surface area (Å²) in [5.41, 5.74) is 4.00. The summed E-state index contributed by atoms with van der Waals surface area (Å²) in [6, 6.07) is 7.54. The van der Waals surface area contributed by atoms with E-state index in [-0.39, 0.29) is 17.9 Å². The summed E-state index contributed by atoms with van der Waals surface area (Å²) in [6.45, 7) is 4.71. The van der Waals surface area contributed by atoms with E-state index in [1.807, 2.05) is 19.1 Å². The molecule has 0 radical (unpaired) electrons. The molecule has 1 amide bonds. The van der Waals surface area contributed by atoms with Crippen LogP contribution in [0, 0.1) is 5.92 Å². The Morgan fingerprint density at radius 2 is 2.11 bits per heavy atom. The number of ether oxygens (including phenoxy) is 1. The molecule has 0 fully saturated rings. The summed E-state index contributed by atoms with van der Waals surface area (Å²) >= 11 is 0. The van der Waals surface area contributed by atoms with Gasteiger partial charge in [0, 0.05) is 25.2 Å². The van der Waals surface area contributed by atoms with Crippen molar-refractivity contribution < 1.29 is 14.6 Å². The molecule has 1 aromatic carbocycles. The van der Waals surface area contributed by atoms with Gasteiger partial charge in [0.25, 0.3) is 0 Å². The molecule has 2 aromatic rings. The van der Waals surface area contributed by atoms with Crippen LogP contribution in [0.3, 0.4) is 0 Å². The molecule has 1 aromatic heterocycles. The van der Waals surface area contributed by atoms with Crippen LogP contribution in [0.15, 0.2) is 42.7 Å². The second-order valence-electron chi connectivity index (χ2n) is 7.18. The number of anilines is 2. The third-order valence-electron chi connectivity index (χ3n) is 5.41. The SMILES string of the molecule is CC(=O)N1c2ccc(C3=CCOCC3)cc2[C@H](Nc2ncccn2)[C@@H](C)[C@@H]1O.